The molecule has 1 amide bonds. The summed E-state index contributed by atoms with van der Waals surface area (Å²) < 4.78 is 1.04. The molecule has 0 radical (unpaired) electrons. The normalized spacial score (nSPS) is 10.7. The summed E-state index contributed by atoms with van der Waals surface area (Å²) >= 11 is 3.29. The van der Waals surface area contributed by atoms with Crippen LogP contribution in [0.1, 0.15) is 37.8 Å². The number of unbranched alkanes of at least 4 members (excludes halogenated alkanes) is 3. The van der Waals surface area contributed by atoms with Gasteiger partial charge in [0.15, 0.2) is 4.34 Å². The molecular formula is C17H23N3OS2. The first kappa shape index (κ1) is 18.0. The fourth-order valence-electron chi connectivity index (χ4n) is 2.09. The van der Waals surface area contributed by atoms with Crippen LogP contribution in [-0.2, 0) is 4.79 Å². The number of hydrogen-bond donors (Lipinski definition) is 2. The summed E-state index contributed by atoms with van der Waals surface area (Å²) in [6.07, 6.45) is 4.70. The molecule has 2 rings (SSSR count). The van der Waals surface area contributed by atoms with Gasteiger partial charge in [0, 0.05) is 28.1 Å². The van der Waals surface area contributed by atoms with Crippen molar-refractivity contribution in [3.05, 3.63) is 35.3 Å². The molecular weight excluding hydrogens is 326 g/mol. The molecule has 6 heteroatoms. The Bertz CT molecular complexity index is 611. The second kappa shape index (κ2) is 9.70. The minimum Gasteiger partial charge on any atom is -0.330 e. The summed E-state index contributed by atoms with van der Waals surface area (Å²) in [4.78, 5) is 17.4. The summed E-state index contributed by atoms with van der Waals surface area (Å²) in [6.45, 7) is 2.73. The SMILES string of the molecule is Cc1csc(Sc2ccc(NC(=O)CCCCCCN)cc2)n1. The van der Waals surface area contributed by atoms with Crippen LogP contribution >= 0.6 is 23.1 Å². The number of rotatable bonds is 9. The Kier molecular flexibility index (Phi) is 7.58. The van der Waals surface area contributed by atoms with Crippen LogP contribution in [0.25, 0.3) is 0 Å². The van der Waals surface area contributed by atoms with Crippen molar-refractivity contribution >= 4 is 34.7 Å². The molecule has 0 aliphatic rings. The van der Waals surface area contributed by atoms with Gasteiger partial charge in [-0.2, -0.15) is 0 Å². The van der Waals surface area contributed by atoms with Gasteiger partial charge in [-0.15, -0.1) is 11.3 Å². The summed E-state index contributed by atoms with van der Waals surface area (Å²) in [6, 6.07) is 7.90. The standard InChI is InChI=1S/C17H23N3OS2/c1-13-12-22-17(19-13)23-15-9-7-14(8-10-15)20-16(21)6-4-2-3-5-11-18/h7-10,12H,2-6,11,18H2,1H3,(H,20,21). The number of thiazole rings is 1. The van der Waals surface area contributed by atoms with Gasteiger partial charge in [0.05, 0.1) is 0 Å². The highest BCUT2D eigenvalue weighted by molar-refractivity contribution is 8.01. The van der Waals surface area contributed by atoms with E-state index < -0.39 is 0 Å². The molecule has 0 saturated carbocycles. The fraction of sp³-hybridized carbons (Fsp3) is 0.412. The van der Waals surface area contributed by atoms with E-state index in [1.807, 2.05) is 36.6 Å². The molecule has 124 valence electrons. The predicted octanol–water partition coefficient (Wildman–Crippen LogP) is 4.45. The Morgan fingerprint density at radius 2 is 1.96 bits per heavy atom. The fourth-order valence-corrected chi connectivity index (χ4v) is 3.90. The molecule has 2 aromatic rings. The molecule has 0 spiro atoms. The number of anilines is 1. The van der Waals surface area contributed by atoms with Crippen molar-refractivity contribution in [3.8, 4) is 0 Å². The Labute approximate surface area is 145 Å². The van der Waals surface area contributed by atoms with Gasteiger partial charge in [-0.25, -0.2) is 4.98 Å². The minimum atomic E-state index is 0.0775. The van der Waals surface area contributed by atoms with Gasteiger partial charge < -0.3 is 11.1 Å². The number of nitrogens with zero attached hydrogens (tertiary/aromatic N) is 1. The third-order valence-corrected chi connectivity index (χ3v) is 5.36. The predicted molar refractivity (Wildman–Crippen MR) is 98.2 cm³/mol. The van der Waals surface area contributed by atoms with Crippen molar-refractivity contribution in [1.82, 2.24) is 4.98 Å². The number of hydrogen-bond acceptors (Lipinski definition) is 5. The number of carbonyl (C=O) groups is 1. The van der Waals surface area contributed by atoms with E-state index in [1.165, 1.54) is 0 Å². The highest BCUT2D eigenvalue weighted by atomic mass is 32.2. The van der Waals surface area contributed by atoms with Gasteiger partial charge in [-0.1, -0.05) is 24.6 Å². The number of nitrogens with one attached hydrogen (secondary N) is 1. The highest BCUT2D eigenvalue weighted by Gasteiger charge is 2.04. The summed E-state index contributed by atoms with van der Waals surface area (Å²) in [7, 11) is 0. The van der Waals surface area contributed by atoms with Crippen molar-refractivity contribution in [1.29, 1.82) is 0 Å². The van der Waals surface area contributed by atoms with E-state index in [0.29, 0.717) is 6.42 Å². The first-order chi connectivity index (χ1) is 11.2. The molecule has 0 aliphatic heterocycles. The second-order valence-corrected chi connectivity index (χ2v) is 7.56. The molecule has 1 aromatic heterocycles. The first-order valence-electron chi connectivity index (χ1n) is 7.87. The van der Waals surface area contributed by atoms with Crippen LogP contribution in [0.2, 0.25) is 0 Å². The number of aromatic nitrogens is 1. The second-order valence-electron chi connectivity index (χ2n) is 5.38. The Morgan fingerprint density at radius 3 is 2.61 bits per heavy atom. The quantitative estimate of drug-likeness (QED) is 0.656. The Hall–Kier alpha value is -1.37. The van der Waals surface area contributed by atoms with Crippen LogP contribution in [0.5, 0.6) is 0 Å². The van der Waals surface area contributed by atoms with Gasteiger partial charge in [-0.3, -0.25) is 4.79 Å². The lowest BCUT2D eigenvalue weighted by atomic mass is 10.1. The monoisotopic (exact) mass is 349 g/mol. The number of nitrogens with two attached hydrogens (primary N) is 1. The van der Waals surface area contributed by atoms with Crippen molar-refractivity contribution in [2.75, 3.05) is 11.9 Å². The van der Waals surface area contributed by atoms with Gasteiger partial charge in [0.1, 0.15) is 0 Å². The third kappa shape index (κ3) is 6.72. The first-order valence-corrected chi connectivity index (χ1v) is 9.57. The number of benzene rings is 1. The van der Waals surface area contributed by atoms with E-state index in [0.717, 1.165) is 52.8 Å². The molecule has 1 heterocycles. The zero-order chi connectivity index (χ0) is 16.5. The molecule has 3 N–H and O–H groups in total. The maximum absolute atomic E-state index is 11.9. The zero-order valence-electron chi connectivity index (χ0n) is 13.4. The third-order valence-electron chi connectivity index (χ3n) is 3.30. The zero-order valence-corrected chi connectivity index (χ0v) is 15.0. The molecule has 23 heavy (non-hydrogen) atoms. The molecule has 0 saturated heterocycles. The Morgan fingerprint density at radius 1 is 1.22 bits per heavy atom. The van der Waals surface area contributed by atoms with E-state index >= 15 is 0 Å². The maximum atomic E-state index is 11.9. The van der Waals surface area contributed by atoms with Crippen LogP contribution in [-0.4, -0.2) is 17.4 Å². The van der Waals surface area contributed by atoms with E-state index in [-0.39, 0.29) is 5.91 Å². The van der Waals surface area contributed by atoms with E-state index in [2.05, 4.69) is 10.3 Å². The van der Waals surface area contributed by atoms with Crippen LogP contribution in [0.3, 0.4) is 0 Å². The van der Waals surface area contributed by atoms with Crippen molar-refractivity contribution < 1.29 is 4.79 Å². The van der Waals surface area contributed by atoms with Crippen molar-refractivity contribution in [2.24, 2.45) is 5.73 Å². The molecule has 4 nitrogen and oxygen atoms in total. The molecule has 0 unspecified atom stereocenters. The van der Waals surface area contributed by atoms with Crippen molar-refractivity contribution in [2.45, 2.75) is 48.3 Å². The van der Waals surface area contributed by atoms with Gasteiger partial charge >= 0.3 is 0 Å². The lowest BCUT2D eigenvalue weighted by Gasteiger charge is -2.06. The maximum Gasteiger partial charge on any atom is 0.224 e. The summed E-state index contributed by atoms with van der Waals surface area (Å²) in [5.74, 6) is 0.0775. The minimum absolute atomic E-state index is 0.0775. The largest absolute Gasteiger partial charge is 0.330 e. The van der Waals surface area contributed by atoms with Crippen LogP contribution in [0.15, 0.2) is 38.9 Å². The van der Waals surface area contributed by atoms with Gasteiger partial charge in [-0.05, 0) is 50.6 Å². The van der Waals surface area contributed by atoms with Gasteiger partial charge in [0.2, 0.25) is 5.91 Å². The lowest BCUT2D eigenvalue weighted by Crippen LogP contribution is -2.11. The summed E-state index contributed by atoms with van der Waals surface area (Å²) in [5, 5.41) is 4.99. The van der Waals surface area contributed by atoms with E-state index in [9.17, 15) is 4.79 Å². The molecule has 0 bridgehead atoms. The molecule has 1 aromatic carbocycles. The highest BCUT2D eigenvalue weighted by Crippen LogP contribution is 2.30. The van der Waals surface area contributed by atoms with Crippen LogP contribution in [0, 0.1) is 6.92 Å². The Balaban J connectivity index is 1.74. The van der Waals surface area contributed by atoms with Gasteiger partial charge in [0.25, 0.3) is 0 Å². The van der Waals surface area contributed by atoms with Crippen LogP contribution < -0.4 is 11.1 Å². The number of aryl methyl sites for hydroxylation is 1. The average Bonchev–Trinajstić information content (AvgIpc) is 2.94. The number of carbonyl (C=O) groups excluding carboxylic acids is 1. The topological polar surface area (TPSA) is 68.0 Å². The lowest BCUT2D eigenvalue weighted by molar-refractivity contribution is -0.116. The molecule has 0 aliphatic carbocycles. The molecule has 0 fully saturated rings. The van der Waals surface area contributed by atoms with E-state index in [1.54, 1.807) is 23.1 Å². The smallest absolute Gasteiger partial charge is 0.224 e. The number of amides is 1. The summed E-state index contributed by atoms with van der Waals surface area (Å²) in [5.41, 5.74) is 7.34. The van der Waals surface area contributed by atoms with Crippen LogP contribution in [0.4, 0.5) is 5.69 Å². The molecule has 0 atom stereocenters. The average molecular weight is 350 g/mol. The van der Waals surface area contributed by atoms with E-state index in [4.69, 9.17) is 5.73 Å². The van der Waals surface area contributed by atoms with Crippen molar-refractivity contribution in [3.63, 3.8) is 0 Å².